The van der Waals surface area contributed by atoms with Crippen LogP contribution in [-0.4, -0.2) is 11.5 Å². The van der Waals surface area contributed by atoms with Crippen LogP contribution in [0.15, 0.2) is 18.2 Å². The summed E-state index contributed by atoms with van der Waals surface area (Å²) >= 11 is 0. The first-order chi connectivity index (χ1) is 8.49. The molecule has 100 valence electrons. The number of nitro groups is 1. The summed E-state index contributed by atoms with van der Waals surface area (Å²) in [6.45, 7) is 5.62. The van der Waals surface area contributed by atoms with Crippen molar-refractivity contribution in [2.45, 2.75) is 33.2 Å². The third-order valence-electron chi connectivity index (χ3n) is 2.62. The highest BCUT2D eigenvalue weighted by Gasteiger charge is 2.09. The summed E-state index contributed by atoms with van der Waals surface area (Å²) in [7, 11) is 0. The Bertz CT molecular complexity index is 408. The van der Waals surface area contributed by atoms with Crippen molar-refractivity contribution in [3.8, 4) is 0 Å². The molecule has 1 aromatic rings. The minimum absolute atomic E-state index is 0.200. The van der Waals surface area contributed by atoms with E-state index in [0.717, 1.165) is 25.5 Å². The molecule has 0 heterocycles. The Balaban J connectivity index is 2.44. The second kappa shape index (κ2) is 7.06. The summed E-state index contributed by atoms with van der Waals surface area (Å²) in [5.74, 6) is 0.102. The highest BCUT2D eigenvalue weighted by Crippen LogP contribution is 2.16. The number of rotatable bonds is 7. The highest BCUT2D eigenvalue weighted by atomic mass is 19.1. The van der Waals surface area contributed by atoms with Crippen LogP contribution in [0.5, 0.6) is 0 Å². The van der Waals surface area contributed by atoms with Crippen LogP contribution in [0.2, 0.25) is 0 Å². The zero-order chi connectivity index (χ0) is 13.5. The summed E-state index contributed by atoms with van der Waals surface area (Å²) in [5.41, 5.74) is 0.403. The first-order valence-corrected chi connectivity index (χ1v) is 6.13. The van der Waals surface area contributed by atoms with Gasteiger partial charge in [0, 0.05) is 12.6 Å². The summed E-state index contributed by atoms with van der Waals surface area (Å²) in [6.07, 6.45) is 2.19. The summed E-state index contributed by atoms with van der Waals surface area (Å²) < 4.78 is 13.1. The maximum Gasteiger partial charge on any atom is 0.272 e. The van der Waals surface area contributed by atoms with Gasteiger partial charge in [-0.3, -0.25) is 10.1 Å². The SMILES string of the molecule is CC(C)CCCNCc1cc(F)cc([N+](=O)[O-])c1. The van der Waals surface area contributed by atoms with E-state index in [-0.39, 0.29) is 5.69 Å². The Hall–Kier alpha value is -1.49. The van der Waals surface area contributed by atoms with Crippen LogP contribution >= 0.6 is 0 Å². The van der Waals surface area contributed by atoms with Crippen LogP contribution in [0.1, 0.15) is 32.3 Å². The molecule has 0 aliphatic carbocycles. The van der Waals surface area contributed by atoms with Gasteiger partial charge in [0.25, 0.3) is 5.69 Å². The molecule has 0 saturated carbocycles. The van der Waals surface area contributed by atoms with Gasteiger partial charge in [-0.15, -0.1) is 0 Å². The molecule has 0 unspecified atom stereocenters. The highest BCUT2D eigenvalue weighted by molar-refractivity contribution is 5.35. The van der Waals surface area contributed by atoms with Crippen LogP contribution < -0.4 is 5.32 Å². The third kappa shape index (κ3) is 5.23. The van der Waals surface area contributed by atoms with E-state index >= 15 is 0 Å². The van der Waals surface area contributed by atoms with Crippen LogP contribution in [0, 0.1) is 21.8 Å². The van der Waals surface area contributed by atoms with Gasteiger partial charge < -0.3 is 5.32 Å². The minimum Gasteiger partial charge on any atom is -0.313 e. The number of nitrogens with one attached hydrogen (secondary N) is 1. The normalized spacial score (nSPS) is 10.9. The number of hydrogen-bond acceptors (Lipinski definition) is 3. The molecule has 0 fully saturated rings. The second-order valence-corrected chi connectivity index (χ2v) is 4.79. The van der Waals surface area contributed by atoms with Gasteiger partial charge in [0.15, 0.2) is 0 Å². The van der Waals surface area contributed by atoms with Gasteiger partial charge in [-0.05, 0) is 36.9 Å². The molecule has 1 aromatic carbocycles. The zero-order valence-corrected chi connectivity index (χ0v) is 10.8. The van der Waals surface area contributed by atoms with Crippen molar-refractivity contribution in [1.82, 2.24) is 5.32 Å². The van der Waals surface area contributed by atoms with Gasteiger partial charge in [-0.25, -0.2) is 4.39 Å². The Morgan fingerprint density at radius 3 is 2.72 bits per heavy atom. The van der Waals surface area contributed by atoms with E-state index in [0.29, 0.717) is 18.0 Å². The van der Waals surface area contributed by atoms with E-state index in [2.05, 4.69) is 19.2 Å². The van der Waals surface area contributed by atoms with Crippen molar-refractivity contribution in [3.63, 3.8) is 0 Å². The van der Waals surface area contributed by atoms with Crippen LogP contribution in [0.25, 0.3) is 0 Å². The van der Waals surface area contributed by atoms with Crippen LogP contribution in [-0.2, 0) is 6.54 Å². The largest absolute Gasteiger partial charge is 0.313 e. The van der Waals surface area contributed by atoms with Gasteiger partial charge in [0.05, 0.1) is 11.0 Å². The fourth-order valence-corrected chi connectivity index (χ4v) is 1.71. The fraction of sp³-hybridized carbons (Fsp3) is 0.538. The third-order valence-corrected chi connectivity index (χ3v) is 2.62. The average Bonchev–Trinajstić information content (AvgIpc) is 2.27. The predicted octanol–water partition coefficient (Wildman–Crippen LogP) is 3.26. The molecule has 0 bridgehead atoms. The molecule has 1 rings (SSSR count). The molecule has 18 heavy (non-hydrogen) atoms. The molecule has 4 nitrogen and oxygen atoms in total. The van der Waals surface area contributed by atoms with E-state index < -0.39 is 10.7 Å². The molecular weight excluding hydrogens is 235 g/mol. The molecule has 0 spiro atoms. The lowest BCUT2D eigenvalue weighted by atomic mass is 10.1. The number of halogens is 1. The summed E-state index contributed by atoms with van der Waals surface area (Å²) in [6, 6.07) is 3.66. The zero-order valence-electron chi connectivity index (χ0n) is 10.8. The Kier molecular flexibility index (Phi) is 5.71. The Morgan fingerprint density at radius 2 is 2.11 bits per heavy atom. The lowest BCUT2D eigenvalue weighted by Crippen LogP contribution is -2.15. The van der Waals surface area contributed by atoms with Gasteiger partial charge in [-0.2, -0.15) is 0 Å². The molecule has 0 amide bonds. The minimum atomic E-state index is -0.578. The van der Waals surface area contributed by atoms with Gasteiger partial charge in [-0.1, -0.05) is 13.8 Å². The lowest BCUT2D eigenvalue weighted by molar-refractivity contribution is -0.385. The molecule has 0 radical (unpaired) electrons. The van der Waals surface area contributed by atoms with Crippen molar-refractivity contribution in [2.24, 2.45) is 5.92 Å². The molecule has 0 aliphatic heterocycles. The number of benzene rings is 1. The van der Waals surface area contributed by atoms with Gasteiger partial charge in [0.2, 0.25) is 0 Å². The number of nitro benzene ring substituents is 1. The molecule has 1 N–H and O–H groups in total. The van der Waals surface area contributed by atoms with E-state index in [1.807, 2.05) is 0 Å². The first kappa shape index (κ1) is 14.6. The summed E-state index contributed by atoms with van der Waals surface area (Å²) in [5, 5.41) is 13.7. The average molecular weight is 254 g/mol. The monoisotopic (exact) mass is 254 g/mol. The molecule has 0 aliphatic rings. The lowest BCUT2D eigenvalue weighted by Gasteiger charge is -2.07. The van der Waals surface area contributed by atoms with E-state index in [1.54, 1.807) is 0 Å². The Labute approximate surface area is 106 Å². The van der Waals surface area contributed by atoms with Crippen molar-refractivity contribution in [2.75, 3.05) is 6.54 Å². The first-order valence-electron chi connectivity index (χ1n) is 6.13. The maximum atomic E-state index is 13.1. The van der Waals surface area contributed by atoms with Crippen molar-refractivity contribution in [3.05, 3.63) is 39.7 Å². The van der Waals surface area contributed by atoms with E-state index in [4.69, 9.17) is 0 Å². The number of non-ortho nitro benzene ring substituents is 1. The van der Waals surface area contributed by atoms with E-state index in [1.165, 1.54) is 12.1 Å². The standard InChI is InChI=1S/C13H19FN2O2/c1-10(2)4-3-5-15-9-11-6-12(14)8-13(7-11)16(17)18/h6-8,10,15H,3-5,9H2,1-2H3. The van der Waals surface area contributed by atoms with E-state index in [9.17, 15) is 14.5 Å². The summed E-state index contributed by atoms with van der Waals surface area (Å²) in [4.78, 5) is 10.00. The van der Waals surface area contributed by atoms with Crippen LogP contribution in [0.3, 0.4) is 0 Å². The number of hydrogen-bond donors (Lipinski definition) is 1. The quantitative estimate of drug-likeness (QED) is 0.461. The second-order valence-electron chi connectivity index (χ2n) is 4.79. The van der Waals surface area contributed by atoms with Crippen molar-refractivity contribution < 1.29 is 9.31 Å². The molecular formula is C13H19FN2O2. The topological polar surface area (TPSA) is 55.2 Å². The van der Waals surface area contributed by atoms with Crippen LogP contribution in [0.4, 0.5) is 10.1 Å². The van der Waals surface area contributed by atoms with Crippen molar-refractivity contribution in [1.29, 1.82) is 0 Å². The number of nitrogens with zero attached hydrogens (tertiary/aromatic N) is 1. The van der Waals surface area contributed by atoms with Gasteiger partial charge in [0.1, 0.15) is 5.82 Å². The van der Waals surface area contributed by atoms with Gasteiger partial charge >= 0.3 is 0 Å². The van der Waals surface area contributed by atoms with Crippen molar-refractivity contribution >= 4 is 5.69 Å². The smallest absolute Gasteiger partial charge is 0.272 e. The predicted molar refractivity (Wildman–Crippen MR) is 68.8 cm³/mol. The Morgan fingerprint density at radius 1 is 1.39 bits per heavy atom. The molecule has 0 saturated heterocycles. The molecule has 0 atom stereocenters. The fourth-order valence-electron chi connectivity index (χ4n) is 1.71. The molecule has 5 heteroatoms. The maximum absolute atomic E-state index is 13.1. The molecule has 0 aromatic heterocycles.